The molecular formula is C20H19ClN2O5. The molecule has 1 N–H and O–H groups in total. The number of hydrogen-bond acceptors (Lipinski definition) is 6. The number of carbonyl (C=O) groups excluding carboxylic acids is 3. The molecule has 1 saturated heterocycles. The van der Waals surface area contributed by atoms with Crippen molar-refractivity contribution in [2.24, 2.45) is 0 Å². The lowest BCUT2D eigenvalue weighted by atomic mass is 10.2. The fraction of sp³-hybridized carbons (Fsp3) is 0.250. The minimum atomic E-state index is -0.746. The van der Waals surface area contributed by atoms with E-state index in [9.17, 15) is 14.4 Å². The Hall–Kier alpha value is -3.06. The summed E-state index contributed by atoms with van der Waals surface area (Å²) in [5.74, 6) is -0.675. The quantitative estimate of drug-likeness (QED) is 0.589. The third kappa shape index (κ3) is 3.94. The average molecular weight is 403 g/mol. The van der Waals surface area contributed by atoms with Gasteiger partial charge in [-0.05, 0) is 49.4 Å². The second-order valence-electron chi connectivity index (χ2n) is 6.08. The summed E-state index contributed by atoms with van der Waals surface area (Å²) in [6, 6.07) is 10.4. The first kappa shape index (κ1) is 19.7. The van der Waals surface area contributed by atoms with Crippen molar-refractivity contribution in [3.05, 3.63) is 53.1 Å². The highest BCUT2D eigenvalue weighted by atomic mass is 35.5. The number of carbonyl (C=O) groups is 3. The molecule has 3 rings (SSSR count). The molecule has 1 fully saturated rings. The maximum absolute atomic E-state index is 12.8. The topological polar surface area (TPSA) is 84.9 Å². The van der Waals surface area contributed by atoms with Crippen molar-refractivity contribution in [2.45, 2.75) is 19.4 Å². The number of ether oxygens (including phenoxy) is 2. The second-order valence-corrected chi connectivity index (χ2v) is 6.52. The van der Waals surface area contributed by atoms with Gasteiger partial charge in [0.15, 0.2) is 0 Å². The largest absolute Gasteiger partial charge is 0.495 e. The summed E-state index contributed by atoms with van der Waals surface area (Å²) in [4.78, 5) is 38.1. The van der Waals surface area contributed by atoms with Crippen LogP contribution in [0.1, 0.15) is 23.7 Å². The normalized spacial score (nSPS) is 16.2. The van der Waals surface area contributed by atoms with Gasteiger partial charge in [0.25, 0.3) is 5.91 Å². The van der Waals surface area contributed by atoms with Crippen LogP contribution in [0.4, 0.5) is 11.4 Å². The summed E-state index contributed by atoms with van der Waals surface area (Å²) < 4.78 is 10.2. The van der Waals surface area contributed by atoms with Crippen LogP contribution >= 0.6 is 11.6 Å². The number of imide groups is 1. The van der Waals surface area contributed by atoms with E-state index in [2.05, 4.69) is 5.32 Å². The molecule has 2 amide bonds. The SMILES string of the molecule is CCOC(=O)c1ccc(N2C(=O)C[C@@H](Nc3cc(Cl)ccc3OC)C2=O)cc1. The first-order valence-corrected chi connectivity index (χ1v) is 9.06. The van der Waals surface area contributed by atoms with Crippen LogP contribution in [0.2, 0.25) is 5.02 Å². The average Bonchev–Trinajstić information content (AvgIpc) is 2.95. The molecule has 0 bridgehead atoms. The van der Waals surface area contributed by atoms with E-state index in [4.69, 9.17) is 21.1 Å². The molecule has 8 heteroatoms. The Morgan fingerprint density at radius 2 is 1.93 bits per heavy atom. The molecule has 0 radical (unpaired) electrons. The van der Waals surface area contributed by atoms with Gasteiger partial charge in [-0.3, -0.25) is 9.59 Å². The number of nitrogens with one attached hydrogen (secondary N) is 1. The van der Waals surface area contributed by atoms with Gasteiger partial charge in [-0.25, -0.2) is 9.69 Å². The minimum absolute atomic E-state index is 0.00582. The first-order valence-electron chi connectivity index (χ1n) is 8.68. The summed E-state index contributed by atoms with van der Waals surface area (Å²) in [5, 5.41) is 3.51. The lowest BCUT2D eigenvalue weighted by Gasteiger charge is -2.17. The Bertz CT molecular complexity index is 913. The molecule has 0 spiro atoms. The van der Waals surface area contributed by atoms with Gasteiger partial charge < -0.3 is 14.8 Å². The van der Waals surface area contributed by atoms with E-state index in [0.717, 1.165) is 4.90 Å². The molecule has 2 aromatic carbocycles. The van der Waals surface area contributed by atoms with Gasteiger partial charge in [-0.1, -0.05) is 11.6 Å². The maximum Gasteiger partial charge on any atom is 0.338 e. The second kappa shape index (κ2) is 8.31. The molecule has 0 aliphatic carbocycles. The van der Waals surface area contributed by atoms with Crippen molar-refractivity contribution >= 4 is 40.8 Å². The summed E-state index contributed by atoms with van der Waals surface area (Å²) in [5.41, 5.74) is 1.27. The van der Waals surface area contributed by atoms with Crippen LogP contribution in [0.5, 0.6) is 5.75 Å². The molecule has 0 unspecified atom stereocenters. The van der Waals surface area contributed by atoms with E-state index in [-0.39, 0.29) is 18.9 Å². The van der Waals surface area contributed by atoms with E-state index in [1.807, 2.05) is 0 Å². The lowest BCUT2D eigenvalue weighted by molar-refractivity contribution is -0.121. The Labute approximate surface area is 167 Å². The molecule has 146 valence electrons. The van der Waals surface area contributed by atoms with Gasteiger partial charge in [0.05, 0.1) is 37.1 Å². The zero-order valence-corrected chi connectivity index (χ0v) is 16.2. The van der Waals surface area contributed by atoms with Crippen LogP contribution in [0.15, 0.2) is 42.5 Å². The number of benzene rings is 2. The van der Waals surface area contributed by atoms with Crippen LogP contribution < -0.4 is 15.0 Å². The van der Waals surface area contributed by atoms with Crippen molar-refractivity contribution in [3.63, 3.8) is 0 Å². The predicted molar refractivity (Wildman–Crippen MR) is 105 cm³/mol. The number of halogens is 1. The van der Waals surface area contributed by atoms with E-state index < -0.39 is 17.9 Å². The summed E-state index contributed by atoms with van der Waals surface area (Å²) in [6.07, 6.45) is -0.00582. The Kier molecular flexibility index (Phi) is 5.84. The molecular weight excluding hydrogens is 384 g/mol. The van der Waals surface area contributed by atoms with E-state index in [1.54, 1.807) is 37.3 Å². The number of amides is 2. The molecule has 28 heavy (non-hydrogen) atoms. The molecule has 1 atom stereocenters. The Balaban J connectivity index is 1.79. The molecule has 7 nitrogen and oxygen atoms in total. The zero-order chi connectivity index (χ0) is 20.3. The fourth-order valence-corrected chi connectivity index (χ4v) is 3.13. The van der Waals surface area contributed by atoms with Crippen molar-refractivity contribution in [1.82, 2.24) is 0 Å². The van der Waals surface area contributed by atoms with Gasteiger partial charge in [0.1, 0.15) is 11.8 Å². The molecule has 2 aromatic rings. The number of anilines is 2. The summed E-state index contributed by atoms with van der Waals surface area (Å²) >= 11 is 6.02. The van der Waals surface area contributed by atoms with Crippen LogP contribution in [-0.2, 0) is 14.3 Å². The van der Waals surface area contributed by atoms with Crippen LogP contribution in [0, 0.1) is 0 Å². The first-order chi connectivity index (χ1) is 13.4. The monoisotopic (exact) mass is 402 g/mol. The third-order valence-corrected chi connectivity index (χ3v) is 4.51. The molecule has 0 saturated carbocycles. The van der Waals surface area contributed by atoms with Crippen LogP contribution in [0.25, 0.3) is 0 Å². The highest BCUT2D eigenvalue weighted by Gasteiger charge is 2.40. The van der Waals surface area contributed by atoms with E-state index >= 15 is 0 Å². The fourth-order valence-electron chi connectivity index (χ4n) is 2.96. The van der Waals surface area contributed by atoms with Gasteiger partial charge in [-0.15, -0.1) is 0 Å². The molecule has 1 heterocycles. The van der Waals surface area contributed by atoms with Crippen molar-refractivity contribution in [2.75, 3.05) is 23.9 Å². The number of hydrogen-bond donors (Lipinski definition) is 1. The number of methoxy groups -OCH3 is 1. The minimum Gasteiger partial charge on any atom is -0.495 e. The smallest absolute Gasteiger partial charge is 0.338 e. The van der Waals surface area contributed by atoms with Crippen molar-refractivity contribution in [1.29, 1.82) is 0 Å². The zero-order valence-electron chi connectivity index (χ0n) is 15.4. The number of esters is 1. The summed E-state index contributed by atoms with van der Waals surface area (Å²) in [6.45, 7) is 1.99. The lowest BCUT2D eigenvalue weighted by Crippen LogP contribution is -2.34. The molecule has 1 aliphatic heterocycles. The number of nitrogens with zero attached hydrogens (tertiary/aromatic N) is 1. The van der Waals surface area contributed by atoms with Crippen molar-refractivity contribution in [3.8, 4) is 5.75 Å². The van der Waals surface area contributed by atoms with Crippen LogP contribution in [0.3, 0.4) is 0 Å². The highest BCUT2D eigenvalue weighted by molar-refractivity contribution is 6.31. The van der Waals surface area contributed by atoms with Crippen LogP contribution in [-0.4, -0.2) is 37.5 Å². The maximum atomic E-state index is 12.8. The van der Waals surface area contributed by atoms with Crippen molar-refractivity contribution < 1.29 is 23.9 Å². The molecule has 0 aromatic heterocycles. The van der Waals surface area contributed by atoms with Gasteiger partial charge in [0, 0.05) is 5.02 Å². The van der Waals surface area contributed by atoms with E-state index in [0.29, 0.717) is 27.7 Å². The van der Waals surface area contributed by atoms with Gasteiger partial charge in [0.2, 0.25) is 5.91 Å². The Morgan fingerprint density at radius 3 is 2.57 bits per heavy atom. The highest BCUT2D eigenvalue weighted by Crippen LogP contribution is 2.31. The van der Waals surface area contributed by atoms with E-state index in [1.165, 1.54) is 19.2 Å². The van der Waals surface area contributed by atoms with Gasteiger partial charge >= 0.3 is 5.97 Å². The Morgan fingerprint density at radius 1 is 1.21 bits per heavy atom. The standard InChI is InChI=1S/C20H19ClN2O5/c1-3-28-20(26)12-4-7-14(8-5-12)23-18(24)11-16(19(23)25)22-15-10-13(21)6-9-17(15)27-2/h4-10,16,22H,3,11H2,1-2H3/t16-/m1/s1. The van der Waals surface area contributed by atoms with Gasteiger partial charge in [-0.2, -0.15) is 0 Å². The number of rotatable bonds is 6. The predicted octanol–water partition coefficient (Wildman–Crippen LogP) is 3.27. The third-order valence-electron chi connectivity index (χ3n) is 4.27. The summed E-state index contributed by atoms with van der Waals surface area (Å²) in [7, 11) is 1.51. The molecule has 1 aliphatic rings.